The molecule has 2 atom stereocenters. The van der Waals surface area contributed by atoms with E-state index in [2.05, 4.69) is 4.98 Å². The Morgan fingerprint density at radius 1 is 1.21 bits per heavy atom. The molecule has 0 aliphatic rings. The third-order valence-corrected chi connectivity index (χ3v) is 3.30. The van der Waals surface area contributed by atoms with Gasteiger partial charge in [-0.05, 0) is 36.2 Å². The lowest BCUT2D eigenvalue weighted by Crippen LogP contribution is -2.31. The summed E-state index contributed by atoms with van der Waals surface area (Å²) in [7, 11) is 0. The lowest BCUT2D eigenvalue weighted by molar-refractivity contribution is 0.171. The maximum Gasteiger partial charge on any atom is 0.139 e. The van der Waals surface area contributed by atoms with E-state index in [0.717, 1.165) is 12.0 Å². The third-order valence-electron chi connectivity index (χ3n) is 2.99. The van der Waals surface area contributed by atoms with Gasteiger partial charge in [0, 0.05) is 18.4 Å². The number of hydrogen-bond acceptors (Lipinski definition) is 3. The molecule has 0 amide bonds. The van der Waals surface area contributed by atoms with Crippen LogP contribution in [0.1, 0.15) is 25.0 Å². The molecular weight excluding hydrogens is 260 g/mol. The van der Waals surface area contributed by atoms with Gasteiger partial charge in [0.2, 0.25) is 0 Å². The monoisotopic (exact) mass is 276 g/mol. The van der Waals surface area contributed by atoms with Crippen molar-refractivity contribution in [3.05, 3.63) is 59.4 Å². The van der Waals surface area contributed by atoms with Crippen LogP contribution in [0, 0.1) is 0 Å². The van der Waals surface area contributed by atoms with Crippen LogP contribution in [0.15, 0.2) is 48.8 Å². The first-order chi connectivity index (χ1) is 9.22. The Labute approximate surface area is 118 Å². The molecule has 19 heavy (non-hydrogen) atoms. The minimum absolute atomic E-state index is 0.0985. The molecular formula is C15H17ClN2O. The first-order valence-corrected chi connectivity index (χ1v) is 6.67. The Bertz CT molecular complexity index is 519. The third kappa shape index (κ3) is 3.46. The molecule has 0 saturated heterocycles. The summed E-state index contributed by atoms with van der Waals surface area (Å²) in [6.45, 7) is 2.04. The van der Waals surface area contributed by atoms with Crippen LogP contribution in [-0.2, 0) is 0 Å². The van der Waals surface area contributed by atoms with Gasteiger partial charge in [-0.1, -0.05) is 30.7 Å². The number of nitrogens with two attached hydrogens (primary N) is 1. The average Bonchev–Trinajstić information content (AvgIpc) is 2.46. The summed E-state index contributed by atoms with van der Waals surface area (Å²) < 4.78 is 6.00. The Balaban J connectivity index is 2.27. The molecule has 2 N–H and O–H groups in total. The normalized spacial score (nSPS) is 13.8. The van der Waals surface area contributed by atoms with E-state index in [1.54, 1.807) is 18.5 Å². The Morgan fingerprint density at radius 3 is 2.53 bits per heavy atom. The number of hydrogen-bond donors (Lipinski definition) is 1. The molecule has 0 aliphatic heterocycles. The maximum atomic E-state index is 6.16. The summed E-state index contributed by atoms with van der Waals surface area (Å²) in [6.07, 6.45) is 4.06. The fraction of sp³-hybridized carbons (Fsp3) is 0.267. The molecule has 0 spiro atoms. The van der Waals surface area contributed by atoms with Crippen LogP contribution in [0.3, 0.4) is 0 Å². The van der Waals surface area contributed by atoms with E-state index in [-0.39, 0.29) is 12.1 Å². The topological polar surface area (TPSA) is 48.1 Å². The molecule has 1 aromatic heterocycles. The molecule has 1 aromatic carbocycles. The van der Waals surface area contributed by atoms with Crippen LogP contribution < -0.4 is 10.5 Å². The van der Waals surface area contributed by atoms with Gasteiger partial charge in [-0.2, -0.15) is 0 Å². The first kappa shape index (κ1) is 13.8. The number of pyridine rings is 1. The molecule has 2 aromatic rings. The molecule has 2 unspecified atom stereocenters. The highest BCUT2D eigenvalue weighted by Gasteiger charge is 2.21. The molecule has 3 nitrogen and oxygen atoms in total. The van der Waals surface area contributed by atoms with Crippen LogP contribution in [0.2, 0.25) is 5.02 Å². The number of benzene rings is 1. The Morgan fingerprint density at radius 2 is 1.89 bits per heavy atom. The van der Waals surface area contributed by atoms with Gasteiger partial charge in [-0.15, -0.1) is 0 Å². The highest BCUT2D eigenvalue weighted by atomic mass is 35.5. The van der Waals surface area contributed by atoms with Gasteiger partial charge >= 0.3 is 0 Å². The van der Waals surface area contributed by atoms with E-state index in [1.165, 1.54) is 0 Å². The second-order valence-electron chi connectivity index (χ2n) is 4.32. The second kappa shape index (κ2) is 6.55. The van der Waals surface area contributed by atoms with Crippen molar-refractivity contribution in [3.8, 4) is 5.75 Å². The van der Waals surface area contributed by atoms with Gasteiger partial charge in [-0.25, -0.2) is 0 Å². The van der Waals surface area contributed by atoms with Gasteiger partial charge in [0.15, 0.2) is 0 Å². The molecule has 0 saturated carbocycles. The number of rotatable bonds is 5. The quantitative estimate of drug-likeness (QED) is 0.908. The highest BCUT2D eigenvalue weighted by Crippen LogP contribution is 2.30. The summed E-state index contributed by atoms with van der Waals surface area (Å²) in [5, 5.41) is 0.588. The lowest BCUT2D eigenvalue weighted by atomic mass is 10.0. The van der Waals surface area contributed by atoms with Gasteiger partial charge in [0.05, 0.1) is 5.02 Å². The number of nitrogens with zero attached hydrogens (tertiary/aromatic N) is 1. The highest BCUT2D eigenvalue weighted by molar-refractivity contribution is 6.32. The van der Waals surface area contributed by atoms with Crippen LogP contribution in [0.25, 0.3) is 0 Å². The van der Waals surface area contributed by atoms with Crippen molar-refractivity contribution >= 4 is 11.6 Å². The molecule has 0 radical (unpaired) electrons. The molecule has 4 heteroatoms. The van der Waals surface area contributed by atoms with Crippen molar-refractivity contribution in [2.45, 2.75) is 25.5 Å². The van der Waals surface area contributed by atoms with Gasteiger partial charge in [0.25, 0.3) is 0 Å². The Hall–Kier alpha value is -1.58. The average molecular weight is 277 g/mol. The minimum Gasteiger partial charge on any atom is -0.483 e. The fourth-order valence-corrected chi connectivity index (χ4v) is 2.03. The fourth-order valence-electron chi connectivity index (χ4n) is 1.85. The molecule has 0 aliphatic carbocycles. The number of halogens is 1. The summed E-state index contributed by atoms with van der Waals surface area (Å²) in [4.78, 5) is 4.02. The summed E-state index contributed by atoms with van der Waals surface area (Å²) in [5.41, 5.74) is 7.16. The summed E-state index contributed by atoms with van der Waals surface area (Å²) >= 11 is 6.13. The number of ether oxygens (including phenoxy) is 1. The van der Waals surface area contributed by atoms with E-state index in [9.17, 15) is 0 Å². The van der Waals surface area contributed by atoms with Crippen molar-refractivity contribution in [1.82, 2.24) is 4.98 Å². The molecule has 2 rings (SSSR count). The summed E-state index contributed by atoms with van der Waals surface area (Å²) in [6, 6.07) is 11.1. The van der Waals surface area contributed by atoms with Crippen molar-refractivity contribution in [1.29, 1.82) is 0 Å². The number of aromatic nitrogens is 1. The van der Waals surface area contributed by atoms with E-state index >= 15 is 0 Å². The molecule has 1 heterocycles. The standard InChI is InChI=1S/C15H17ClN2O/c1-2-13(17)15(11-7-9-18-10-8-11)19-14-6-4-3-5-12(14)16/h3-10,13,15H,2,17H2,1H3. The van der Waals surface area contributed by atoms with Crippen LogP contribution in [-0.4, -0.2) is 11.0 Å². The predicted molar refractivity (Wildman–Crippen MR) is 77.3 cm³/mol. The molecule has 0 fully saturated rings. The predicted octanol–water partition coefficient (Wildman–Crippen LogP) is 3.59. The zero-order valence-corrected chi connectivity index (χ0v) is 11.5. The second-order valence-corrected chi connectivity index (χ2v) is 4.73. The first-order valence-electron chi connectivity index (χ1n) is 6.29. The van der Waals surface area contributed by atoms with Crippen LogP contribution in [0.5, 0.6) is 5.75 Å². The van der Waals surface area contributed by atoms with E-state index in [0.29, 0.717) is 10.8 Å². The van der Waals surface area contributed by atoms with Gasteiger partial charge < -0.3 is 10.5 Å². The van der Waals surface area contributed by atoms with Crippen LogP contribution in [0.4, 0.5) is 0 Å². The van der Waals surface area contributed by atoms with Crippen molar-refractivity contribution < 1.29 is 4.74 Å². The number of para-hydroxylation sites is 1. The van der Waals surface area contributed by atoms with Crippen molar-refractivity contribution in [2.24, 2.45) is 5.73 Å². The van der Waals surface area contributed by atoms with Crippen LogP contribution >= 0.6 is 11.6 Å². The molecule has 100 valence electrons. The lowest BCUT2D eigenvalue weighted by Gasteiger charge is -2.25. The smallest absolute Gasteiger partial charge is 0.139 e. The molecule has 0 bridgehead atoms. The maximum absolute atomic E-state index is 6.16. The summed E-state index contributed by atoms with van der Waals surface area (Å²) in [5.74, 6) is 0.648. The minimum atomic E-state index is -0.229. The Kier molecular flexibility index (Phi) is 4.77. The van der Waals surface area contributed by atoms with Gasteiger partial charge in [0.1, 0.15) is 11.9 Å². The zero-order chi connectivity index (χ0) is 13.7. The van der Waals surface area contributed by atoms with Crippen molar-refractivity contribution in [2.75, 3.05) is 0 Å². The van der Waals surface area contributed by atoms with E-state index < -0.39 is 0 Å². The van der Waals surface area contributed by atoms with Gasteiger partial charge in [-0.3, -0.25) is 4.98 Å². The largest absolute Gasteiger partial charge is 0.483 e. The SMILES string of the molecule is CCC(N)C(Oc1ccccc1Cl)c1ccncc1. The zero-order valence-electron chi connectivity index (χ0n) is 10.8. The van der Waals surface area contributed by atoms with E-state index in [4.69, 9.17) is 22.1 Å². The van der Waals surface area contributed by atoms with Crippen molar-refractivity contribution in [3.63, 3.8) is 0 Å². The van der Waals surface area contributed by atoms with E-state index in [1.807, 2.05) is 37.3 Å².